The Morgan fingerprint density at radius 2 is 1.76 bits per heavy atom. The van der Waals surface area contributed by atoms with Gasteiger partial charge in [0.15, 0.2) is 11.6 Å². The van der Waals surface area contributed by atoms with E-state index in [4.69, 9.17) is 9.47 Å². The van der Waals surface area contributed by atoms with E-state index in [0.717, 1.165) is 11.6 Å². The zero-order chi connectivity index (χ0) is 24.2. The molecule has 0 amide bonds. The zero-order valence-corrected chi connectivity index (χ0v) is 18.6. The van der Waals surface area contributed by atoms with Crippen molar-refractivity contribution in [2.24, 2.45) is 0 Å². The average molecular weight is 485 g/mol. The second kappa shape index (κ2) is 10.3. The normalized spacial score (nSPS) is 11.5. The molecule has 0 aliphatic heterocycles. The molecule has 176 valence electrons. The SMILES string of the molecule is CCOC(=O)CCc1ccc(OCc2c(-c3ccc(C)cc3)nsc2C(F)(F)F)c(F)c1F. The number of ether oxygens (including phenoxy) is 2. The quantitative estimate of drug-likeness (QED) is 0.270. The highest BCUT2D eigenvalue weighted by atomic mass is 32.1. The van der Waals surface area contributed by atoms with Crippen LogP contribution in [0.4, 0.5) is 22.0 Å². The summed E-state index contributed by atoms with van der Waals surface area (Å²) in [4.78, 5) is 10.5. The highest BCUT2D eigenvalue weighted by Crippen LogP contribution is 2.40. The standard InChI is InChI=1S/C23H20F5NO3S/c1-3-31-18(30)11-9-14-8-10-17(20(25)19(14)24)32-12-16-21(15-6-4-13(2)5-7-15)29-33-22(16)23(26,27)28/h4-8,10H,3,9,11-12H2,1-2H3. The van der Waals surface area contributed by atoms with Gasteiger partial charge >= 0.3 is 12.1 Å². The van der Waals surface area contributed by atoms with E-state index >= 15 is 0 Å². The van der Waals surface area contributed by atoms with Crippen molar-refractivity contribution in [3.63, 3.8) is 0 Å². The third-order valence-corrected chi connectivity index (χ3v) is 5.71. The molecule has 0 saturated carbocycles. The molecule has 0 unspecified atom stereocenters. The number of esters is 1. The number of halogens is 5. The Morgan fingerprint density at radius 3 is 2.39 bits per heavy atom. The lowest BCUT2D eigenvalue weighted by atomic mass is 10.0. The number of carbonyl (C=O) groups is 1. The Labute approximate surface area is 191 Å². The van der Waals surface area contributed by atoms with E-state index in [1.54, 1.807) is 31.2 Å². The minimum Gasteiger partial charge on any atom is -0.486 e. The molecule has 33 heavy (non-hydrogen) atoms. The lowest BCUT2D eigenvalue weighted by molar-refractivity contribution is -0.143. The molecule has 0 spiro atoms. The molecule has 0 atom stereocenters. The third-order valence-electron chi connectivity index (χ3n) is 4.77. The van der Waals surface area contributed by atoms with Gasteiger partial charge in [0.2, 0.25) is 5.82 Å². The summed E-state index contributed by atoms with van der Waals surface area (Å²) < 4.78 is 83.4. The Bertz CT molecular complexity index is 1130. The van der Waals surface area contributed by atoms with Crippen LogP contribution in [0.1, 0.15) is 34.9 Å². The second-order valence-electron chi connectivity index (χ2n) is 7.15. The van der Waals surface area contributed by atoms with Gasteiger partial charge in [-0.1, -0.05) is 35.9 Å². The van der Waals surface area contributed by atoms with Crippen LogP contribution in [-0.4, -0.2) is 16.9 Å². The third kappa shape index (κ3) is 5.87. The number of carbonyl (C=O) groups excluding carboxylic acids is 1. The van der Waals surface area contributed by atoms with E-state index in [-0.39, 0.29) is 47.8 Å². The molecule has 1 heterocycles. The highest BCUT2D eigenvalue weighted by molar-refractivity contribution is 7.06. The predicted molar refractivity (Wildman–Crippen MR) is 113 cm³/mol. The molecule has 3 rings (SSSR count). The van der Waals surface area contributed by atoms with Gasteiger partial charge in [0.25, 0.3) is 0 Å². The average Bonchev–Trinajstić information content (AvgIpc) is 3.19. The van der Waals surface area contributed by atoms with Gasteiger partial charge in [-0.25, -0.2) is 4.39 Å². The summed E-state index contributed by atoms with van der Waals surface area (Å²) in [5.41, 5.74) is 1.11. The lowest BCUT2D eigenvalue weighted by Gasteiger charge is -2.13. The predicted octanol–water partition coefficient (Wildman–Crippen LogP) is 6.49. The summed E-state index contributed by atoms with van der Waals surface area (Å²) in [6.07, 6.45) is -4.91. The maximum Gasteiger partial charge on any atom is 0.427 e. The fourth-order valence-corrected chi connectivity index (χ4v) is 3.87. The molecule has 0 radical (unpaired) electrons. The van der Waals surface area contributed by atoms with Crippen LogP contribution >= 0.6 is 11.5 Å². The van der Waals surface area contributed by atoms with Crippen LogP contribution in [0.3, 0.4) is 0 Å². The Balaban J connectivity index is 1.84. The van der Waals surface area contributed by atoms with E-state index in [0.29, 0.717) is 5.56 Å². The van der Waals surface area contributed by atoms with E-state index in [2.05, 4.69) is 4.37 Å². The van der Waals surface area contributed by atoms with Gasteiger partial charge in [-0.05, 0) is 43.4 Å². The molecular formula is C23H20F5NO3S. The summed E-state index contributed by atoms with van der Waals surface area (Å²) in [5, 5.41) is 0. The molecule has 0 saturated heterocycles. The number of rotatable bonds is 8. The maximum atomic E-state index is 14.5. The van der Waals surface area contributed by atoms with Crippen molar-refractivity contribution >= 4 is 17.5 Å². The highest BCUT2D eigenvalue weighted by Gasteiger charge is 2.38. The fraction of sp³-hybridized carbons (Fsp3) is 0.304. The van der Waals surface area contributed by atoms with Crippen LogP contribution < -0.4 is 4.74 Å². The van der Waals surface area contributed by atoms with Crippen molar-refractivity contribution < 1.29 is 36.2 Å². The molecule has 2 aromatic carbocycles. The number of nitrogens with zero attached hydrogens (tertiary/aromatic N) is 1. The van der Waals surface area contributed by atoms with Gasteiger partial charge < -0.3 is 9.47 Å². The van der Waals surface area contributed by atoms with Gasteiger partial charge in [-0.15, -0.1) is 0 Å². The van der Waals surface area contributed by atoms with Crippen LogP contribution in [0.25, 0.3) is 11.3 Å². The minimum absolute atomic E-state index is 0.0681. The van der Waals surface area contributed by atoms with Crippen LogP contribution in [0.2, 0.25) is 0 Å². The zero-order valence-electron chi connectivity index (χ0n) is 17.8. The van der Waals surface area contributed by atoms with Crippen molar-refractivity contribution in [3.05, 3.63) is 69.6 Å². The van der Waals surface area contributed by atoms with Crippen molar-refractivity contribution in [3.8, 4) is 17.0 Å². The number of hydrogen-bond donors (Lipinski definition) is 0. The monoisotopic (exact) mass is 485 g/mol. The molecule has 0 N–H and O–H groups in total. The maximum absolute atomic E-state index is 14.5. The Kier molecular flexibility index (Phi) is 7.68. The molecular weight excluding hydrogens is 465 g/mol. The molecule has 1 aromatic heterocycles. The molecule has 0 bridgehead atoms. The van der Waals surface area contributed by atoms with E-state index in [9.17, 15) is 26.7 Å². The van der Waals surface area contributed by atoms with Gasteiger partial charge in [0.05, 0.1) is 12.3 Å². The second-order valence-corrected chi connectivity index (χ2v) is 7.92. The summed E-state index contributed by atoms with van der Waals surface area (Å²) >= 11 is 0.274. The first-order valence-corrected chi connectivity index (χ1v) is 10.8. The molecule has 0 aliphatic carbocycles. The topological polar surface area (TPSA) is 48.4 Å². The summed E-state index contributed by atoms with van der Waals surface area (Å²) in [5.74, 6) is -3.66. The number of benzene rings is 2. The van der Waals surface area contributed by atoms with E-state index in [1.165, 1.54) is 6.07 Å². The Hall–Kier alpha value is -3.01. The molecule has 10 heteroatoms. The molecule has 4 nitrogen and oxygen atoms in total. The van der Waals surface area contributed by atoms with Crippen molar-refractivity contribution in [2.75, 3.05) is 6.61 Å². The number of aromatic nitrogens is 1. The summed E-state index contributed by atoms with van der Waals surface area (Å²) in [6.45, 7) is 2.98. The van der Waals surface area contributed by atoms with Crippen LogP contribution in [0, 0.1) is 18.6 Å². The van der Waals surface area contributed by atoms with Gasteiger partial charge in [0.1, 0.15) is 11.5 Å². The van der Waals surface area contributed by atoms with Gasteiger partial charge in [0, 0.05) is 17.5 Å². The summed E-state index contributed by atoms with van der Waals surface area (Å²) in [6, 6.07) is 9.08. The first-order chi connectivity index (χ1) is 15.6. The molecule has 0 fully saturated rings. The first kappa shape index (κ1) is 24.6. The van der Waals surface area contributed by atoms with Crippen LogP contribution in [0.5, 0.6) is 5.75 Å². The lowest BCUT2D eigenvalue weighted by Crippen LogP contribution is -2.10. The number of hydrogen-bond acceptors (Lipinski definition) is 5. The van der Waals surface area contributed by atoms with E-state index in [1.807, 2.05) is 6.92 Å². The van der Waals surface area contributed by atoms with Crippen molar-refractivity contribution in [1.29, 1.82) is 0 Å². The van der Waals surface area contributed by atoms with E-state index < -0.39 is 41.0 Å². The smallest absolute Gasteiger partial charge is 0.427 e. The minimum atomic E-state index is -4.68. The van der Waals surface area contributed by atoms with Crippen molar-refractivity contribution in [2.45, 2.75) is 39.5 Å². The number of aryl methyl sites for hydroxylation is 2. The fourth-order valence-electron chi connectivity index (χ4n) is 3.10. The summed E-state index contributed by atoms with van der Waals surface area (Å²) in [7, 11) is 0. The van der Waals surface area contributed by atoms with Crippen LogP contribution in [0.15, 0.2) is 36.4 Å². The molecule has 3 aromatic rings. The van der Waals surface area contributed by atoms with Gasteiger partial charge in [-0.2, -0.15) is 21.9 Å². The van der Waals surface area contributed by atoms with Gasteiger partial charge in [-0.3, -0.25) is 4.79 Å². The first-order valence-electron chi connectivity index (χ1n) is 9.99. The Morgan fingerprint density at radius 1 is 1.06 bits per heavy atom. The van der Waals surface area contributed by atoms with Crippen LogP contribution in [-0.2, 0) is 28.7 Å². The number of alkyl halides is 3. The molecule has 0 aliphatic rings. The largest absolute Gasteiger partial charge is 0.486 e. The van der Waals surface area contributed by atoms with Crippen molar-refractivity contribution in [1.82, 2.24) is 4.37 Å².